The van der Waals surface area contributed by atoms with Gasteiger partial charge in [0.15, 0.2) is 0 Å². The Labute approximate surface area is 70.7 Å². The normalized spacial score (nSPS) is 10.9. The average Bonchev–Trinajstić information content (AvgIpc) is 2.56. The maximum Gasteiger partial charge on any atom is 0.228 e. The molecule has 0 unspecified atom stereocenters. The van der Waals surface area contributed by atoms with Crippen LogP contribution in [0, 0.1) is 0 Å². The van der Waals surface area contributed by atoms with Crippen molar-refractivity contribution in [3.63, 3.8) is 0 Å². The number of rotatable bonds is 5. The van der Waals surface area contributed by atoms with Gasteiger partial charge in [0.25, 0.3) is 0 Å². The Morgan fingerprint density at radius 2 is 2.08 bits per heavy atom. The molecule has 5 heteroatoms. The summed E-state index contributed by atoms with van der Waals surface area (Å²) in [5.41, 5.74) is 0. The summed E-state index contributed by atoms with van der Waals surface area (Å²) < 4.78 is 15.0. The maximum atomic E-state index is 5.22. The van der Waals surface area contributed by atoms with Crippen LogP contribution < -0.4 is 0 Å². The lowest BCUT2D eigenvalue weighted by molar-refractivity contribution is -0.145. The first kappa shape index (κ1) is 9.15. The van der Waals surface area contributed by atoms with E-state index in [4.69, 9.17) is 9.47 Å². The second-order valence-corrected chi connectivity index (χ2v) is 2.03. The van der Waals surface area contributed by atoms with Gasteiger partial charge in [-0.15, -0.1) is 0 Å². The van der Waals surface area contributed by atoms with E-state index in [1.54, 1.807) is 0 Å². The molecule has 0 bridgehead atoms. The van der Waals surface area contributed by atoms with E-state index in [0.29, 0.717) is 19.0 Å². The fourth-order valence-electron chi connectivity index (χ4n) is 0.783. The molecule has 0 aromatic carbocycles. The highest BCUT2D eigenvalue weighted by molar-refractivity contribution is 4.79. The fourth-order valence-corrected chi connectivity index (χ4v) is 0.783. The predicted molar refractivity (Wildman–Crippen MR) is 40.3 cm³/mol. The Morgan fingerprint density at radius 3 is 2.50 bits per heavy atom. The first-order chi connectivity index (χ1) is 5.88. The quantitative estimate of drug-likeness (QED) is 0.623. The Hall–Kier alpha value is -0.940. The number of aromatic nitrogens is 2. The predicted octanol–water partition coefficient (Wildman–Crippen LogP) is 1.14. The lowest BCUT2D eigenvalue weighted by atomic mass is 10.6. The van der Waals surface area contributed by atoms with E-state index in [2.05, 4.69) is 14.7 Å². The van der Waals surface area contributed by atoms with Crippen LogP contribution in [-0.4, -0.2) is 23.4 Å². The van der Waals surface area contributed by atoms with Gasteiger partial charge in [0.1, 0.15) is 0 Å². The summed E-state index contributed by atoms with van der Waals surface area (Å²) in [5.74, 6) is 0.429. The molecule has 1 aromatic heterocycles. The zero-order chi connectivity index (χ0) is 8.81. The van der Waals surface area contributed by atoms with Gasteiger partial charge in [-0.05, 0) is 13.8 Å². The van der Waals surface area contributed by atoms with E-state index >= 15 is 0 Å². The average molecular weight is 172 g/mol. The molecule has 12 heavy (non-hydrogen) atoms. The van der Waals surface area contributed by atoms with Crippen molar-refractivity contribution in [3.8, 4) is 0 Å². The number of ether oxygens (including phenoxy) is 2. The van der Waals surface area contributed by atoms with E-state index in [0.717, 1.165) is 0 Å². The summed E-state index contributed by atoms with van der Waals surface area (Å²) in [6.07, 6.45) is 0.749. The van der Waals surface area contributed by atoms with Crippen LogP contribution in [-0.2, 0) is 9.47 Å². The minimum atomic E-state index is -0.501. The molecule has 0 saturated carbocycles. The highest BCUT2D eigenvalue weighted by atomic mass is 16.7. The van der Waals surface area contributed by atoms with Gasteiger partial charge in [0.2, 0.25) is 18.5 Å². The second-order valence-electron chi connectivity index (χ2n) is 2.03. The van der Waals surface area contributed by atoms with Gasteiger partial charge in [-0.2, -0.15) is 4.98 Å². The molecule has 0 aliphatic rings. The molecular formula is C7H12N2O3. The standard InChI is InChI=1S/C7H12N2O3/c1-3-10-7(11-4-2)6-8-5-12-9-6/h5,7H,3-4H2,1-2H3. The Balaban J connectivity index is 2.53. The number of hydrogen-bond acceptors (Lipinski definition) is 5. The van der Waals surface area contributed by atoms with Gasteiger partial charge in [-0.1, -0.05) is 5.16 Å². The van der Waals surface area contributed by atoms with Gasteiger partial charge < -0.3 is 14.0 Å². The number of hydrogen-bond donors (Lipinski definition) is 0. The molecule has 0 aliphatic heterocycles. The molecule has 0 N–H and O–H groups in total. The monoisotopic (exact) mass is 172 g/mol. The van der Waals surface area contributed by atoms with E-state index in [1.165, 1.54) is 6.39 Å². The van der Waals surface area contributed by atoms with Crippen LogP contribution in [0.1, 0.15) is 26.0 Å². The maximum absolute atomic E-state index is 5.22. The molecule has 1 aromatic rings. The van der Waals surface area contributed by atoms with Crippen LogP contribution in [0.15, 0.2) is 10.9 Å². The minimum Gasteiger partial charge on any atom is -0.346 e. The molecule has 0 atom stereocenters. The zero-order valence-electron chi connectivity index (χ0n) is 7.19. The van der Waals surface area contributed by atoms with Crippen molar-refractivity contribution in [2.45, 2.75) is 20.1 Å². The van der Waals surface area contributed by atoms with E-state index in [1.807, 2.05) is 13.8 Å². The number of nitrogens with zero attached hydrogens (tertiary/aromatic N) is 2. The molecule has 0 radical (unpaired) electrons. The lowest BCUT2D eigenvalue weighted by Gasteiger charge is -2.11. The third-order valence-corrected chi connectivity index (χ3v) is 1.23. The highest BCUT2D eigenvalue weighted by Gasteiger charge is 2.15. The fraction of sp³-hybridized carbons (Fsp3) is 0.714. The third kappa shape index (κ3) is 2.28. The molecule has 0 amide bonds. The van der Waals surface area contributed by atoms with E-state index in [-0.39, 0.29) is 0 Å². The summed E-state index contributed by atoms with van der Waals surface area (Å²) >= 11 is 0. The largest absolute Gasteiger partial charge is 0.346 e. The summed E-state index contributed by atoms with van der Waals surface area (Å²) in [5, 5.41) is 3.62. The summed E-state index contributed by atoms with van der Waals surface area (Å²) in [4.78, 5) is 3.83. The Bertz CT molecular complexity index is 194. The van der Waals surface area contributed by atoms with Crippen LogP contribution >= 0.6 is 0 Å². The van der Waals surface area contributed by atoms with Gasteiger partial charge >= 0.3 is 0 Å². The van der Waals surface area contributed by atoms with Crippen molar-refractivity contribution in [1.29, 1.82) is 0 Å². The minimum absolute atomic E-state index is 0.429. The molecule has 0 aliphatic carbocycles. The first-order valence-corrected chi connectivity index (χ1v) is 3.88. The molecule has 1 rings (SSSR count). The van der Waals surface area contributed by atoms with E-state index < -0.39 is 6.29 Å². The molecule has 0 spiro atoms. The van der Waals surface area contributed by atoms with Crippen LogP contribution in [0.2, 0.25) is 0 Å². The van der Waals surface area contributed by atoms with Crippen molar-refractivity contribution in [3.05, 3.63) is 12.2 Å². The summed E-state index contributed by atoms with van der Waals surface area (Å²) in [6, 6.07) is 0. The van der Waals surface area contributed by atoms with Crippen LogP contribution in [0.5, 0.6) is 0 Å². The van der Waals surface area contributed by atoms with Gasteiger partial charge in [0, 0.05) is 13.2 Å². The molecular weight excluding hydrogens is 160 g/mol. The van der Waals surface area contributed by atoms with Crippen molar-refractivity contribution in [2.75, 3.05) is 13.2 Å². The summed E-state index contributed by atoms with van der Waals surface area (Å²) in [6.45, 7) is 4.87. The lowest BCUT2D eigenvalue weighted by Crippen LogP contribution is -2.10. The van der Waals surface area contributed by atoms with Crippen molar-refractivity contribution in [1.82, 2.24) is 10.1 Å². The van der Waals surface area contributed by atoms with E-state index in [9.17, 15) is 0 Å². The molecule has 68 valence electrons. The van der Waals surface area contributed by atoms with Crippen molar-refractivity contribution >= 4 is 0 Å². The first-order valence-electron chi connectivity index (χ1n) is 3.88. The SMILES string of the molecule is CCOC(OCC)c1ncon1. The van der Waals surface area contributed by atoms with Gasteiger partial charge in [-0.3, -0.25) is 0 Å². The third-order valence-electron chi connectivity index (χ3n) is 1.23. The van der Waals surface area contributed by atoms with Crippen LogP contribution in [0.25, 0.3) is 0 Å². The van der Waals surface area contributed by atoms with Crippen LogP contribution in [0.3, 0.4) is 0 Å². The smallest absolute Gasteiger partial charge is 0.228 e. The topological polar surface area (TPSA) is 57.4 Å². The highest BCUT2D eigenvalue weighted by Crippen LogP contribution is 2.13. The van der Waals surface area contributed by atoms with Gasteiger partial charge in [-0.25, -0.2) is 0 Å². The Kier molecular flexibility index (Phi) is 3.69. The van der Waals surface area contributed by atoms with Crippen molar-refractivity contribution in [2.24, 2.45) is 0 Å². The molecule has 0 saturated heterocycles. The van der Waals surface area contributed by atoms with Crippen molar-refractivity contribution < 1.29 is 14.0 Å². The summed E-state index contributed by atoms with van der Waals surface area (Å²) in [7, 11) is 0. The molecule has 5 nitrogen and oxygen atoms in total. The molecule has 1 heterocycles. The second kappa shape index (κ2) is 4.84. The zero-order valence-corrected chi connectivity index (χ0v) is 7.19. The molecule has 0 fully saturated rings. The van der Waals surface area contributed by atoms with Gasteiger partial charge in [0.05, 0.1) is 0 Å². The van der Waals surface area contributed by atoms with Crippen LogP contribution in [0.4, 0.5) is 0 Å². The Morgan fingerprint density at radius 1 is 1.42 bits per heavy atom.